The average molecular weight is 446 g/mol. The number of nitrogens with one attached hydrogen (secondary N) is 1. The van der Waals surface area contributed by atoms with E-state index in [9.17, 15) is 4.79 Å². The van der Waals surface area contributed by atoms with Crippen LogP contribution in [0.5, 0.6) is 0 Å². The number of anilines is 2. The molecule has 4 aromatic rings. The maximum Gasteiger partial charge on any atom is 0.311 e. The lowest BCUT2D eigenvalue weighted by molar-refractivity contribution is -0.139. The summed E-state index contributed by atoms with van der Waals surface area (Å²) in [6.45, 7) is 1.98. The predicted octanol–water partition coefficient (Wildman–Crippen LogP) is 6.14. The number of para-hydroxylation sites is 1. The number of thiazole rings is 1. The van der Waals surface area contributed by atoms with Crippen molar-refractivity contribution in [1.29, 1.82) is 0 Å². The van der Waals surface area contributed by atoms with Crippen molar-refractivity contribution in [2.24, 2.45) is 0 Å². The summed E-state index contributed by atoms with van der Waals surface area (Å²) in [7, 11) is 1.38. The number of carbonyl (C=O) groups is 1. The van der Waals surface area contributed by atoms with Crippen molar-refractivity contribution < 1.29 is 9.53 Å². The first-order valence-electron chi connectivity index (χ1n) is 8.82. The molecule has 0 aliphatic heterocycles. The number of carbonyl (C=O) groups excluding carboxylic acids is 1. The summed E-state index contributed by atoms with van der Waals surface area (Å²) in [5, 5.41) is 6.52. The number of halogens is 2. The number of fused-ring (bicyclic) bond motifs is 1. The minimum Gasteiger partial charge on any atom is -0.469 e. The standard InChI is InChI=1S/C21H17Cl2N3O2S/c1-12-6-5-9-16(23)18(12)24-20-19(14-7-3-4-8-15(14)22)25-21-26(20)13(11-29-21)10-17(27)28-2/h3-9,11,24H,10H2,1-2H3. The van der Waals surface area contributed by atoms with Gasteiger partial charge < -0.3 is 10.1 Å². The Labute approximate surface area is 181 Å². The summed E-state index contributed by atoms with van der Waals surface area (Å²) >= 11 is 14.4. The van der Waals surface area contributed by atoms with Crippen LogP contribution in [-0.2, 0) is 16.0 Å². The lowest BCUT2D eigenvalue weighted by Gasteiger charge is -2.14. The molecular formula is C21H17Cl2N3O2S. The Bertz CT molecular complexity index is 1200. The first-order valence-corrected chi connectivity index (χ1v) is 10.5. The van der Waals surface area contributed by atoms with Crippen LogP contribution in [0.1, 0.15) is 11.3 Å². The number of esters is 1. The molecule has 5 nitrogen and oxygen atoms in total. The van der Waals surface area contributed by atoms with Crippen LogP contribution in [0.2, 0.25) is 10.0 Å². The number of aryl methyl sites for hydroxylation is 1. The van der Waals surface area contributed by atoms with E-state index in [1.54, 1.807) is 0 Å². The van der Waals surface area contributed by atoms with Gasteiger partial charge in [0.15, 0.2) is 4.96 Å². The Morgan fingerprint density at radius 2 is 1.93 bits per heavy atom. The number of imidazole rings is 1. The van der Waals surface area contributed by atoms with Crippen LogP contribution in [0.25, 0.3) is 16.2 Å². The molecule has 0 bridgehead atoms. The molecule has 0 spiro atoms. The summed E-state index contributed by atoms with van der Waals surface area (Å²) in [6, 6.07) is 13.2. The van der Waals surface area contributed by atoms with E-state index in [-0.39, 0.29) is 12.4 Å². The fourth-order valence-electron chi connectivity index (χ4n) is 3.12. The third kappa shape index (κ3) is 3.71. The maximum absolute atomic E-state index is 11.9. The Hall–Kier alpha value is -2.54. The zero-order chi connectivity index (χ0) is 20.5. The third-order valence-corrected chi connectivity index (χ3v) is 6.10. The lowest BCUT2D eigenvalue weighted by Crippen LogP contribution is -2.08. The van der Waals surface area contributed by atoms with Gasteiger partial charge in [-0.2, -0.15) is 0 Å². The minimum atomic E-state index is -0.322. The van der Waals surface area contributed by atoms with Gasteiger partial charge >= 0.3 is 5.97 Å². The van der Waals surface area contributed by atoms with Crippen LogP contribution >= 0.6 is 34.5 Å². The molecule has 2 aromatic heterocycles. The van der Waals surface area contributed by atoms with Crippen molar-refractivity contribution in [2.75, 3.05) is 12.4 Å². The molecule has 4 rings (SSSR count). The highest BCUT2D eigenvalue weighted by atomic mass is 35.5. The van der Waals surface area contributed by atoms with Gasteiger partial charge in [0.2, 0.25) is 0 Å². The van der Waals surface area contributed by atoms with Crippen molar-refractivity contribution in [3.8, 4) is 11.3 Å². The van der Waals surface area contributed by atoms with Gasteiger partial charge in [0, 0.05) is 16.6 Å². The monoisotopic (exact) mass is 445 g/mol. The van der Waals surface area contributed by atoms with Crippen molar-refractivity contribution in [3.05, 3.63) is 69.1 Å². The van der Waals surface area contributed by atoms with Gasteiger partial charge in [0.25, 0.3) is 0 Å². The molecule has 0 amide bonds. The molecule has 0 atom stereocenters. The number of methoxy groups -OCH3 is 1. The van der Waals surface area contributed by atoms with E-state index in [0.717, 1.165) is 27.5 Å². The van der Waals surface area contributed by atoms with Crippen molar-refractivity contribution in [2.45, 2.75) is 13.3 Å². The van der Waals surface area contributed by atoms with Crippen LogP contribution in [0.15, 0.2) is 47.8 Å². The van der Waals surface area contributed by atoms with Gasteiger partial charge in [0.05, 0.1) is 29.3 Å². The molecule has 0 aliphatic rings. The summed E-state index contributed by atoms with van der Waals surface area (Å²) < 4.78 is 6.77. The molecule has 2 aromatic carbocycles. The summed E-state index contributed by atoms with van der Waals surface area (Å²) in [5.74, 6) is 0.377. The highest BCUT2D eigenvalue weighted by Crippen LogP contribution is 2.39. The van der Waals surface area contributed by atoms with Crippen molar-refractivity contribution in [3.63, 3.8) is 0 Å². The first kappa shape index (κ1) is 19.8. The molecule has 0 unspecified atom stereocenters. The summed E-state index contributed by atoms with van der Waals surface area (Å²) in [5.41, 5.74) is 4.02. The SMILES string of the molecule is COC(=O)Cc1csc2nc(-c3ccccc3Cl)c(Nc3c(C)cccc3Cl)n12. The van der Waals surface area contributed by atoms with Gasteiger partial charge in [0.1, 0.15) is 11.5 Å². The molecule has 0 aliphatic carbocycles. The van der Waals surface area contributed by atoms with E-state index >= 15 is 0 Å². The Morgan fingerprint density at radius 3 is 2.66 bits per heavy atom. The molecule has 1 N–H and O–H groups in total. The quantitative estimate of drug-likeness (QED) is 0.375. The minimum absolute atomic E-state index is 0.130. The number of ether oxygens (including phenoxy) is 1. The van der Waals surface area contributed by atoms with Gasteiger partial charge in [-0.3, -0.25) is 9.20 Å². The second-order valence-corrected chi connectivity index (χ2v) is 8.09. The molecule has 2 heterocycles. The van der Waals surface area contributed by atoms with Crippen molar-refractivity contribution in [1.82, 2.24) is 9.38 Å². The van der Waals surface area contributed by atoms with Gasteiger partial charge in [-0.1, -0.05) is 53.5 Å². The zero-order valence-corrected chi connectivity index (χ0v) is 18.0. The molecule has 0 fully saturated rings. The fourth-order valence-corrected chi connectivity index (χ4v) is 4.51. The Kier molecular flexibility index (Phi) is 5.50. The molecule has 0 saturated heterocycles. The first-order chi connectivity index (χ1) is 14.0. The number of benzene rings is 2. The van der Waals surface area contributed by atoms with E-state index in [2.05, 4.69) is 5.32 Å². The van der Waals surface area contributed by atoms with Crippen LogP contribution in [0, 0.1) is 6.92 Å². The third-order valence-electron chi connectivity index (χ3n) is 4.58. The molecule has 148 valence electrons. The predicted molar refractivity (Wildman–Crippen MR) is 119 cm³/mol. The zero-order valence-electron chi connectivity index (χ0n) is 15.7. The number of nitrogens with zero attached hydrogens (tertiary/aromatic N) is 2. The second-order valence-electron chi connectivity index (χ2n) is 6.44. The lowest BCUT2D eigenvalue weighted by atomic mass is 10.1. The summed E-state index contributed by atoms with van der Waals surface area (Å²) in [6.07, 6.45) is 0.130. The highest BCUT2D eigenvalue weighted by molar-refractivity contribution is 7.15. The fraction of sp³-hybridized carbons (Fsp3) is 0.143. The van der Waals surface area contributed by atoms with E-state index < -0.39 is 0 Å². The van der Waals surface area contributed by atoms with Crippen molar-refractivity contribution >= 4 is 57.0 Å². The Morgan fingerprint density at radius 1 is 1.17 bits per heavy atom. The Balaban J connectivity index is 1.95. The maximum atomic E-state index is 11.9. The normalized spacial score (nSPS) is 11.0. The molecule has 8 heteroatoms. The highest BCUT2D eigenvalue weighted by Gasteiger charge is 2.22. The van der Waals surface area contributed by atoms with Gasteiger partial charge in [-0.25, -0.2) is 4.98 Å². The summed E-state index contributed by atoms with van der Waals surface area (Å²) in [4.78, 5) is 17.5. The van der Waals surface area contributed by atoms with Crippen LogP contribution in [-0.4, -0.2) is 22.5 Å². The van der Waals surface area contributed by atoms with E-state index in [0.29, 0.717) is 21.6 Å². The molecule has 0 saturated carbocycles. The van der Waals surface area contributed by atoms with Crippen LogP contribution in [0.3, 0.4) is 0 Å². The molecule has 0 radical (unpaired) electrons. The smallest absolute Gasteiger partial charge is 0.311 e. The number of hydrogen-bond acceptors (Lipinski definition) is 5. The largest absolute Gasteiger partial charge is 0.469 e. The second kappa shape index (κ2) is 8.06. The van der Waals surface area contributed by atoms with Crippen LogP contribution < -0.4 is 5.32 Å². The van der Waals surface area contributed by atoms with E-state index in [1.165, 1.54) is 18.4 Å². The molecule has 29 heavy (non-hydrogen) atoms. The molecular weight excluding hydrogens is 429 g/mol. The van der Waals surface area contributed by atoms with Gasteiger partial charge in [-0.05, 0) is 24.6 Å². The average Bonchev–Trinajstić information content (AvgIpc) is 3.25. The van der Waals surface area contributed by atoms with Gasteiger partial charge in [-0.15, -0.1) is 11.3 Å². The number of rotatable bonds is 5. The van der Waals surface area contributed by atoms with Crippen LogP contribution in [0.4, 0.5) is 11.5 Å². The van der Waals surface area contributed by atoms with E-state index in [4.69, 9.17) is 32.9 Å². The van der Waals surface area contributed by atoms with E-state index in [1.807, 2.05) is 59.2 Å². The number of hydrogen-bond donors (Lipinski definition) is 1. The number of aromatic nitrogens is 2. The topological polar surface area (TPSA) is 55.6 Å².